The van der Waals surface area contributed by atoms with Gasteiger partial charge in [0.25, 0.3) is 5.69 Å². The van der Waals surface area contributed by atoms with E-state index in [9.17, 15) is 25.0 Å². The Morgan fingerprint density at radius 2 is 1.85 bits per heavy atom. The van der Waals surface area contributed by atoms with Crippen LogP contribution in [0.5, 0.6) is 0 Å². The first-order chi connectivity index (χ1) is 12.8. The van der Waals surface area contributed by atoms with Crippen molar-refractivity contribution >= 4 is 34.7 Å². The zero-order valence-electron chi connectivity index (χ0n) is 14.0. The van der Waals surface area contributed by atoms with Crippen LogP contribution >= 0.6 is 11.6 Å². The fourth-order valence-corrected chi connectivity index (χ4v) is 3.06. The van der Waals surface area contributed by atoms with Gasteiger partial charge in [-0.05, 0) is 22.0 Å². The van der Waals surface area contributed by atoms with Crippen LogP contribution in [0.1, 0.15) is 0 Å². The van der Waals surface area contributed by atoms with Gasteiger partial charge < -0.3 is 24.5 Å². The molecule has 0 spiro atoms. The van der Waals surface area contributed by atoms with E-state index in [4.69, 9.17) is 11.6 Å². The molecular formula is C15H15ClN6O5. The molecule has 0 aliphatic carbocycles. The van der Waals surface area contributed by atoms with Gasteiger partial charge in [0.2, 0.25) is 12.2 Å². The predicted octanol–water partition coefficient (Wildman–Crippen LogP) is 1.70. The van der Waals surface area contributed by atoms with Crippen molar-refractivity contribution in [2.24, 2.45) is 0 Å². The largest absolute Gasteiger partial charge is 0.381 e. The molecule has 1 aromatic carbocycles. The van der Waals surface area contributed by atoms with E-state index in [0.717, 1.165) is 0 Å². The molecule has 2 aromatic rings. The maximum atomic E-state index is 12.4. The summed E-state index contributed by atoms with van der Waals surface area (Å²) in [6.07, 6.45) is 2.44. The average Bonchev–Trinajstić information content (AvgIpc) is 3.10. The van der Waals surface area contributed by atoms with Crippen LogP contribution in [0.4, 0.5) is 17.2 Å². The molecule has 12 heteroatoms. The van der Waals surface area contributed by atoms with Crippen molar-refractivity contribution in [2.45, 2.75) is 6.54 Å². The van der Waals surface area contributed by atoms with E-state index in [0.29, 0.717) is 31.9 Å². The quantitative estimate of drug-likeness (QED) is 0.557. The van der Waals surface area contributed by atoms with Crippen LogP contribution in [-0.2, 0) is 11.3 Å². The summed E-state index contributed by atoms with van der Waals surface area (Å²) >= 11 is 5.84. The smallest absolute Gasteiger partial charge is 0.362 e. The number of benzene rings is 1. The molecule has 0 unspecified atom stereocenters. The number of carbonyl (C=O) groups excluding carboxylic acids is 1. The molecule has 142 valence electrons. The number of anilines is 1. The Labute approximate surface area is 158 Å². The van der Waals surface area contributed by atoms with Crippen LogP contribution in [-0.4, -0.2) is 56.4 Å². The van der Waals surface area contributed by atoms with Gasteiger partial charge in [0.1, 0.15) is 18.4 Å². The normalized spacial score (nSPS) is 14.3. The Kier molecular flexibility index (Phi) is 5.21. The van der Waals surface area contributed by atoms with Gasteiger partial charge in [0, 0.05) is 37.3 Å². The SMILES string of the molecule is O=C(Cn1cnc([N+](=O)[O-])c1)N1CCN(c2ccc(Cl)cc2[N+](=O)[O-])CC1. The van der Waals surface area contributed by atoms with Gasteiger partial charge in [-0.1, -0.05) is 11.6 Å². The molecule has 1 fully saturated rings. The number of aromatic nitrogens is 2. The Hall–Kier alpha value is -3.21. The molecule has 1 aliphatic heterocycles. The number of nitrogens with zero attached hydrogens (tertiary/aromatic N) is 6. The van der Waals surface area contributed by atoms with Gasteiger partial charge in [-0.2, -0.15) is 0 Å². The van der Waals surface area contributed by atoms with Gasteiger partial charge in [-0.15, -0.1) is 0 Å². The summed E-state index contributed by atoms with van der Waals surface area (Å²) in [5.74, 6) is -0.518. The number of halogens is 1. The summed E-state index contributed by atoms with van der Waals surface area (Å²) in [6, 6.07) is 4.50. The predicted molar refractivity (Wildman–Crippen MR) is 95.8 cm³/mol. The summed E-state index contributed by atoms with van der Waals surface area (Å²) < 4.78 is 1.36. The third kappa shape index (κ3) is 4.14. The van der Waals surface area contributed by atoms with Crippen LogP contribution in [0.2, 0.25) is 5.02 Å². The van der Waals surface area contributed by atoms with Crippen LogP contribution in [0, 0.1) is 20.2 Å². The Morgan fingerprint density at radius 3 is 2.44 bits per heavy atom. The number of carbonyl (C=O) groups is 1. The molecule has 2 heterocycles. The standard InChI is InChI=1S/C15H15ClN6O5/c16-11-1-2-12(13(7-11)21(24)25)19-3-5-20(6-4-19)15(23)9-18-8-14(17-10-18)22(26)27/h1-2,7-8,10H,3-6,9H2. The van der Waals surface area contributed by atoms with Gasteiger partial charge in [-0.25, -0.2) is 0 Å². The lowest BCUT2D eigenvalue weighted by Crippen LogP contribution is -2.49. The number of nitro benzene ring substituents is 1. The number of hydrogen-bond acceptors (Lipinski definition) is 7. The van der Waals surface area contributed by atoms with Gasteiger partial charge in [-0.3, -0.25) is 14.9 Å². The first-order valence-corrected chi connectivity index (χ1v) is 8.36. The van der Waals surface area contributed by atoms with Crippen molar-refractivity contribution in [1.29, 1.82) is 0 Å². The molecule has 0 radical (unpaired) electrons. The average molecular weight is 395 g/mol. The van der Waals surface area contributed by atoms with E-state index in [2.05, 4.69) is 4.98 Å². The highest BCUT2D eigenvalue weighted by Crippen LogP contribution is 2.31. The van der Waals surface area contributed by atoms with E-state index in [1.165, 1.54) is 23.2 Å². The number of piperazine rings is 1. The number of amides is 1. The third-order valence-corrected chi connectivity index (χ3v) is 4.47. The molecule has 0 N–H and O–H groups in total. The van der Waals surface area contributed by atoms with Crippen LogP contribution < -0.4 is 4.90 Å². The van der Waals surface area contributed by atoms with Crippen molar-refractivity contribution in [2.75, 3.05) is 31.1 Å². The number of imidazole rings is 1. The van der Waals surface area contributed by atoms with Gasteiger partial charge in [0.05, 0.1) is 4.92 Å². The highest BCUT2D eigenvalue weighted by molar-refractivity contribution is 6.30. The molecule has 11 nitrogen and oxygen atoms in total. The van der Waals surface area contributed by atoms with E-state index >= 15 is 0 Å². The number of rotatable bonds is 5. The Bertz CT molecular complexity index is 893. The fourth-order valence-electron chi connectivity index (χ4n) is 2.89. The number of nitro groups is 2. The summed E-state index contributed by atoms with van der Waals surface area (Å²) in [5, 5.41) is 22.2. The minimum absolute atomic E-state index is 0.0536. The molecule has 3 rings (SSSR count). The molecule has 1 amide bonds. The topological polar surface area (TPSA) is 128 Å². The lowest BCUT2D eigenvalue weighted by atomic mass is 10.2. The highest BCUT2D eigenvalue weighted by Gasteiger charge is 2.26. The van der Waals surface area contributed by atoms with E-state index in [-0.39, 0.29) is 29.0 Å². The van der Waals surface area contributed by atoms with E-state index < -0.39 is 9.85 Å². The van der Waals surface area contributed by atoms with Crippen LogP contribution in [0.25, 0.3) is 0 Å². The molecule has 27 heavy (non-hydrogen) atoms. The van der Waals surface area contributed by atoms with Crippen molar-refractivity contribution in [1.82, 2.24) is 14.5 Å². The zero-order valence-corrected chi connectivity index (χ0v) is 14.8. The maximum Gasteiger partial charge on any atom is 0.381 e. The summed E-state index contributed by atoms with van der Waals surface area (Å²) in [4.78, 5) is 40.2. The zero-order chi connectivity index (χ0) is 19.6. The minimum atomic E-state index is -0.626. The molecule has 1 saturated heterocycles. The summed E-state index contributed by atoms with van der Waals surface area (Å²) in [5.41, 5.74) is 0.384. The molecule has 0 atom stereocenters. The van der Waals surface area contributed by atoms with Crippen molar-refractivity contribution in [3.8, 4) is 0 Å². The summed E-state index contributed by atoms with van der Waals surface area (Å²) in [7, 11) is 0. The van der Waals surface area contributed by atoms with Crippen LogP contribution in [0.3, 0.4) is 0 Å². The first-order valence-electron chi connectivity index (χ1n) is 7.98. The van der Waals surface area contributed by atoms with Crippen LogP contribution in [0.15, 0.2) is 30.7 Å². The van der Waals surface area contributed by atoms with Crippen molar-refractivity contribution in [3.63, 3.8) is 0 Å². The minimum Gasteiger partial charge on any atom is -0.362 e. The van der Waals surface area contributed by atoms with Gasteiger partial charge >= 0.3 is 5.82 Å². The second-order valence-electron chi connectivity index (χ2n) is 5.92. The maximum absolute atomic E-state index is 12.4. The second-order valence-corrected chi connectivity index (χ2v) is 6.36. The van der Waals surface area contributed by atoms with Gasteiger partial charge in [0.15, 0.2) is 0 Å². The first kappa shape index (κ1) is 18.6. The lowest BCUT2D eigenvalue weighted by molar-refractivity contribution is -0.389. The summed E-state index contributed by atoms with van der Waals surface area (Å²) in [6.45, 7) is 1.57. The number of hydrogen-bond donors (Lipinski definition) is 0. The molecule has 1 aromatic heterocycles. The monoisotopic (exact) mass is 394 g/mol. The molecule has 1 aliphatic rings. The highest BCUT2D eigenvalue weighted by atomic mass is 35.5. The van der Waals surface area contributed by atoms with Crippen molar-refractivity contribution in [3.05, 3.63) is 56.0 Å². The fraction of sp³-hybridized carbons (Fsp3) is 0.333. The second kappa shape index (κ2) is 7.58. The molecular weight excluding hydrogens is 380 g/mol. The molecule has 0 bridgehead atoms. The van der Waals surface area contributed by atoms with E-state index in [1.54, 1.807) is 17.0 Å². The third-order valence-electron chi connectivity index (χ3n) is 4.23. The Morgan fingerprint density at radius 1 is 1.15 bits per heavy atom. The van der Waals surface area contributed by atoms with E-state index in [1.807, 2.05) is 4.90 Å². The molecule has 0 saturated carbocycles. The Balaban J connectivity index is 1.62. The van der Waals surface area contributed by atoms with Crippen molar-refractivity contribution < 1.29 is 14.6 Å². The lowest BCUT2D eigenvalue weighted by Gasteiger charge is -2.35.